The van der Waals surface area contributed by atoms with Crippen LogP contribution < -0.4 is 15.4 Å². The molecule has 1 aromatic carbocycles. The predicted octanol–water partition coefficient (Wildman–Crippen LogP) is 2.05. The molecule has 0 fully saturated rings. The number of benzene rings is 1. The number of hydrogen-bond acceptors (Lipinski definition) is 4. The van der Waals surface area contributed by atoms with E-state index in [1.54, 1.807) is 49.6 Å². The number of nitrogens with zero attached hydrogens (tertiary/aromatic N) is 1. The van der Waals surface area contributed by atoms with Crippen molar-refractivity contribution in [2.45, 2.75) is 13.0 Å². The summed E-state index contributed by atoms with van der Waals surface area (Å²) in [4.78, 5) is 27.5. The van der Waals surface area contributed by atoms with Crippen LogP contribution in [-0.4, -0.2) is 22.9 Å². The topological polar surface area (TPSA) is 80.3 Å². The molecule has 0 bridgehead atoms. The normalized spacial score (nSPS) is 16.4. The Bertz CT molecular complexity index is 701. The van der Waals surface area contributed by atoms with Crippen molar-refractivity contribution in [1.29, 1.82) is 0 Å². The molecule has 0 spiro atoms. The molecule has 1 aliphatic heterocycles. The molecule has 0 saturated heterocycles. The number of carbonyl (C=O) groups is 2. The molecule has 6 nitrogen and oxygen atoms in total. The first-order valence-corrected chi connectivity index (χ1v) is 6.46. The van der Waals surface area contributed by atoms with Crippen LogP contribution in [0.3, 0.4) is 0 Å². The van der Waals surface area contributed by atoms with Crippen molar-refractivity contribution < 1.29 is 14.3 Å². The molecule has 6 heteroatoms. The minimum absolute atomic E-state index is 0.208. The maximum absolute atomic E-state index is 12.0. The number of carbonyl (C=O) groups excluding carboxylic acids is 2. The zero-order valence-corrected chi connectivity index (χ0v) is 11.3. The fraction of sp³-hybridized carbons (Fsp3) is 0.133. The standard InChI is InChI=1S/C15H13N3O3/c1-9-14(19)18-12-8-11(2-3-13(12)21-9)17-15(20)10-4-6-16-7-5-10/h2-9H,1H3,(H,17,20)(H,18,19)/t9-/m0/s1. The highest BCUT2D eigenvalue weighted by Gasteiger charge is 2.23. The van der Waals surface area contributed by atoms with Gasteiger partial charge >= 0.3 is 0 Å². The van der Waals surface area contributed by atoms with E-state index < -0.39 is 6.10 Å². The largest absolute Gasteiger partial charge is 0.479 e. The highest BCUT2D eigenvalue weighted by molar-refractivity contribution is 6.05. The van der Waals surface area contributed by atoms with Gasteiger partial charge in [-0.3, -0.25) is 14.6 Å². The number of anilines is 2. The van der Waals surface area contributed by atoms with Crippen LogP contribution in [0.5, 0.6) is 5.75 Å². The van der Waals surface area contributed by atoms with Crippen LogP contribution in [0.15, 0.2) is 42.7 Å². The van der Waals surface area contributed by atoms with E-state index in [1.165, 1.54) is 0 Å². The number of ether oxygens (including phenoxy) is 1. The zero-order valence-electron chi connectivity index (χ0n) is 11.3. The Kier molecular flexibility index (Phi) is 3.27. The van der Waals surface area contributed by atoms with E-state index in [0.29, 0.717) is 22.7 Å². The molecule has 21 heavy (non-hydrogen) atoms. The van der Waals surface area contributed by atoms with Crippen molar-refractivity contribution >= 4 is 23.2 Å². The fourth-order valence-corrected chi connectivity index (χ4v) is 1.99. The van der Waals surface area contributed by atoms with Crippen LogP contribution in [0.2, 0.25) is 0 Å². The van der Waals surface area contributed by atoms with Gasteiger partial charge in [0, 0.05) is 23.6 Å². The Balaban J connectivity index is 1.80. The van der Waals surface area contributed by atoms with Gasteiger partial charge in [0.25, 0.3) is 11.8 Å². The molecule has 0 aliphatic carbocycles. The Hall–Kier alpha value is -2.89. The molecule has 3 rings (SSSR count). The van der Waals surface area contributed by atoms with Gasteiger partial charge in [0.15, 0.2) is 6.10 Å². The van der Waals surface area contributed by atoms with E-state index in [0.717, 1.165) is 0 Å². The summed E-state index contributed by atoms with van der Waals surface area (Å²) in [6.45, 7) is 1.68. The van der Waals surface area contributed by atoms with E-state index in [1.807, 2.05) is 0 Å². The number of rotatable bonds is 2. The van der Waals surface area contributed by atoms with Gasteiger partial charge in [-0.15, -0.1) is 0 Å². The second-order valence-corrected chi connectivity index (χ2v) is 4.65. The van der Waals surface area contributed by atoms with Crippen LogP contribution >= 0.6 is 0 Å². The van der Waals surface area contributed by atoms with Gasteiger partial charge in [-0.2, -0.15) is 0 Å². The summed E-state index contributed by atoms with van der Waals surface area (Å²) in [5, 5.41) is 5.50. The summed E-state index contributed by atoms with van der Waals surface area (Å²) in [5.41, 5.74) is 1.64. The summed E-state index contributed by atoms with van der Waals surface area (Å²) in [6, 6.07) is 8.36. The Labute approximate surface area is 121 Å². The molecule has 1 aromatic heterocycles. The van der Waals surface area contributed by atoms with Crippen molar-refractivity contribution in [3.63, 3.8) is 0 Å². The molecular weight excluding hydrogens is 270 g/mol. The molecule has 0 radical (unpaired) electrons. The Morgan fingerprint density at radius 3 is 2.81 bits per heavy atom. The highest BCUT2D eigenvalue weighted by atomic mass is 16.5. The van der Waals surface area contributed by atoms with E-state index in [2.05, 4.69) is 15.6 Å². The van der Waals surface area contributed by atoms with Crippen LogP contribution in [-0.2, 0) is 4.79 Å². The number of nitrogens with one attached hydrogen (secondary N) is 2. The summed E-state index contributed by atoms with van der Waals surface area (Å²) in [5.74, 6) is 0.137. The number of aromatic nitrogens is 1. The SMILES string of the molecule is C[C@@H]1Oc2ccc(NC(=O)c3ccncc3)cc2NC1=O. The Morgan fingerprint density at radius 2 is 2.05 bits per heavy atom. The van der Waals surface area contributed by atoms with Gasteiger partial charge in [0.2, 0.25) is 0 Å². The average Bonchev–Trinajstić information content (AvgIpc) is 2.49. The third-order valence-electron chi connectivity index (χ3n) is 3.11. The highest BCUT2D eigenvalue weighted by Crippen LogP contribution is 2.32. The van der Waals surface area contributed by atoms with Crippen molar-refractivity contribution in [1.82, 2.24) is 4.98 Å². The molecule has 1 atom stereocenters. The summed E-state index contributed by atoms with van der Waals surface area (Å²) in [7, 11) is 0. The number of fused-ring (bicyclic) bond motifs is 1. The van der Waals surface area contributed by atoms with E-state index >= 15 is 0 Å². The molecule has 1 aliphatic rings. The van der Waals surface area contributed by atoms with Crippen molar-refractivity contribution in [2.24, 2.45) is 0 Å². The summed E-state index contributed by atoms with van der Waals surface area (Å²) < 4.78 is 5.46. The van der Waals surface area contributed by atoms with Crippen LogP contribution in [0.4, 0.5) is 11.4 Å². The van der Waals surface area contributed by atoms with Gasteiger partial charge in [0.05, 0.1) is 5.69 Å². The average molecular weight is 283 g/mol. The minimum Gasteiger partial charge on any atom is -0.479 e. The third kappa shape index (κ3) is 2.69. The second-order valence-electron chi connectivity index (χ2n) is 4.65. The first-order valence-electron chi connectivity index (χ1n) is 6.46. The molecule has 2 aromatic rings. The molecular formula is C15H13N3O3. The van der Waals surface area contributed by atoms with Gasteiger partial charge < -0.3 is 15.4 Å². The van der Waals surface area contributed by atoms with Gasteiger partial charge in [-0.05, 0) is 37.3 Å². The van der Waals surface area contributed by atoms with Crippen molar-refractivity contribution in [2.75, 3.05) is 10.6 Å². The number of pyridine rings is 1. The maximum Gasteiger partial charge on any atom is 0.265 e. The van der Waals surface area contributed by atoms with E-state index in [-0.39, 0.29) is 11.8 Å². The first-order chi connectivity index (χ1) is 10.1. The summed E-state index contributed by atoms with van der Waals surface area (Å²) >= 11 is 0. The van der Waals surface area contributed by atoms with E-state index in [4.69, 9.17) is 4.74 Å². The molecule has 106 valence electrons. The fourth-order valence-electron chi connectivity index (χ4n) is 1.99. The van der Waals surface area contributed by atoms with E-state index in [9.17, 15) is 9.59 Å². The molecule has 2 N–H and O–H groups in total. The lowest BCUT2D eigenvalue weighted by Gasteiger charge is -2.23. The first kappa shape index (κ1) is 13.1. The molecule has 2 heterocycles. The monoisotopic (exact) mass is 283 g/mol. The van der Waals surface area contributed by atoms with Gasteiger partial charge in [-0.1, -0.05) is 0 Å². The smallest absolute Gasteiger partial charge is 0.265 e. The summed E-state index contributed by atoms with van der Waals surface area (Å²) in [6.07, 6.45) is 2.59. The lowest BCUT2D eigenvalue weighted by atomic mass is 10.2. The van der Waals surface area contributed by atoms with Crippen LogP contribution in [0.25, 0.3) is 0 Å². The van der Waals surface area contributed by atoms with Crippen molar-refractivity contribution in [3.05, 3.63) is 48.3 Å². The number of hydrogen-bond donors (Lipinski definition) is 2. The quantitative estimate of drug-likeness (QED) is 0.884. The molecule has 0 unspecified atom stereocenters. The molecule has 0 saturated carbocycles. The lowest BCUT2D eigenvalue weighted by molar-refractivity contribution is -0.122. The van der Waals surface area contributed by atoms with Crippen LogP contribution in [0.1, 0.15) is 17.3 Å². The maximum atomic E-state index is 12.0. The van der Waals surface area contributed by atoms with Gasteiger partial charge in [0.1, 0.15) is 5.75 Å². The van der Waals surface area contributed by atoms with Crippen molar-refractivity contribution in [3.8, 4) is 5.75 Å². The van der Waals surface area contributed by atoms with Crippen LogP contribution in [0, 0.1) is 0 Å². The zero-order chi connectivity index (χ0) is 14.8. The predicted molar refractivity (Wildman–Crippen MR) is 77.4 cm³/mol. The Morgan fingerprint density at radius 1 is 1.29 bits per heavy atom. The third-order valence-corrected chi connectivity index (χ3v) is 3.11. The minimum atomic E-state index is -0.519. The molecule has 2 amide bonds. The number of amides is 2. The van der Waals surface area contributed by atoms with Gasteiger partial charge in [-0.25, -0.2) is 0 Å². The second kappa shape index (κ2) is 5.24. The lowest BCUT2D eigenvalue weighted by Crippen LogP contribution is -2.34.